The SMILES string of the molecule is CCC[C@@]1(c2ccccc2)NC(=O)N(CC(=O)N[C@@H](C)C23CC4CC(CC(C4)C2)C3)C1=O. The lowest BCUT2D eigenvalue weighted by Gasteiger charge is -2.59. The van der Waals surface area contributed by atoms with Gasteiger partial charge < -0.3 is 10.6 Å². The van der Waals surface area contributed by atoms with Crippen molar-refractivity contribution in [2.24, 2.45) is 23.2 Å². The van der Waals surface area contributed by atoms with Gasteiger partial charge in [0.15, 0.2) is 0 Å². The molecule has 4 amide bonds. The molecule has 1 aromatic carbocycles. The Bertz CT molecular complexity index is 879. The van der Waals surface area contributed by atoms with Crippen LogP contribution in [0.25, 0.3) is 0 Å². The fourth-order valence-corrected chi connectivity index (χ4v) is 7.67. The molecule has 1 saturated heterocycles. The molecule has 6 rings (SSSR count). The van der Waals surface area contributed by atoms with E-state index in [4.69, 9.17) is 0 Å². The molecular formula is C26H35N3O3. The summed E-state index contributed by atoms with van der Waals surface area (Å²) in [5, 5.41) is 6.10. The zero-order valence-electron chi connectivity index (χ0n) is 19.2. The van der Waals surface area contributed by atoms with Crippen molar-refractivity contribution in [2.45, 2.75) is 76.8 Å². The Morgan fingerprint density at radius 2 is 1.69 bits per heavy atom. The highest BCUT2D eigenvalue weighted by molar-refractivity contribution is 6.09. The summed E-state index contributed by atoms with van der Waals surface area (Å²) in [6.07, 6.45) is 8.95. The lowest BCUT2D eigenvalue weighted by molar-refractivity contribution is -0.136. The number of rotatable bonds is 7. The summed E-state index contributed by atoms with van der Waals surface area (Å²) in [5.41, 5.74) is -0.124. The van der Waals surface area contributed by atoms with Crippen LogP contribution < -0.4 is 10.6 Å². The second kappa shape index (κ2) is 7.89. The molecule has 5 aliphatic rings. The number of hydrogen-bond acceptors (Lipinski definition) is 3. The molecule has 6 heteroatoms. The number of carbonyl (C=O) groups is 3. The maximum atomic E-state index is 13.4. The highest BCUT2D eigenvalue weighted by Crippen LogP contribution is 2.61. The minimum absolute atomic E-state index is 0.0682. The Morgan fingerprint density at radius 1 is 1.09 bits per heavy atom. The summed E-state index contributed by atoms with van der Waals surface area (Å²) in [5.74, 6) is 1.87. The molecule has 32 heavy (non-hydrogen) atoms. The van der Waals surface area contributed by atoms with Crippen molar-refractivity contribution >= 4 is 17.8 Å². The van der Waals surface area contributed by atoms with Gasteiger partial charge >= 0.3 is 6.03 Å². The Morgan fingerprint density at radius 3 is 2.25 bits per heavy atom. The van der Waals surface area contributed by atoms with Gasteiger partial charge in [-0.25, -0.2) is 4.79 Å². The predicted molar refractivity (Wildman–Crippen MR) is 121 cm³/mol. The highest BCUT2D eigenvalue weighted by Gasteiger charge is 2.54. The first-order valence-electron chi connectivity index (χ1n) is 12.3. The largest absolute Gasteiger partial charge is 0.352 e. The lowest BCUT2D eigenvalue weighted by Crippen LogP contribution is -2.57. The first kappa shape index (κ1) is 21.5. The van der Waals surface area contributed by atoms with Gasteiger partial charge in [-0.05, 0) is 80.6 Å². The smallest absolute Gasteiger partial charge is 0.325 e. The van der Waals surface area contributed by atoms with Crippen LogP contribution in [-0.2, 0) is 15.1 Å². The van der Waals surface area contributed by atoms with E-state index in [-0.39, 0.29) is 29.8 Å². The molecule has 4 aliphatic carbocycles. The van der Waals surface area contributed by atoms with E-state index in [2.05, 4.69) is 17.6 Å². The number of urea groups is 1. The Kier molecular flexibility index (Phi) is 5.30. The third-order valence-electron chi connectivity index (χ3n) is 8.75. The van der Waals surface area contributed by atoms with Crippen LogP contribution >= 0.6 is 0 Å². The van der Waals surface area contributed by atoms with Crippen LogP contribution in [0.4, 0.5) is 4.79 Å². The Labute approximate surface area is 190 Å². The third-order valence-corrected chi connectivity index (χ3v) is 8.75. The Hall–Kier alpha value is -2.37. The van der Waals surface area contributed by atoms with Gasteiger partial charge in [-0.3, -0.25) is 14.5 Å². The second-order valence-corrected chi connectivity index (χ2v) is 10.9. The quantitative estimate of drug-likeness (QED) is 0.634. The number of amides is 4. The standard InChI is InChI=1S/C26H35N3O3/c1-3-9-26(21-7-5-4-6-8-21)23(31)29(24(32)28-26)16-22(30)27-17(2)25-13-18-10-19(14-25)12-20(11-18)15-25/h4-8,17-20H,3,9-16H2,1-2H3,(H,27,30)(H,28,32)/t17-,18?,19?,20?,25?,26-/m0/s1. The maximum Gasteiger partial charge on any atom is 0.325 e. The van der Waals surface area contributed by atoms with Crippen LogP contribution in [0.2, 0.25) is 0 Å². The Balaban J connectivity index is 1.28. The zero-order valence-corrected chi connectivity index (χ0v) is 19.2. The summed E-state index contributed by atoms with van der Waals surface area (Å²) in [6.45, 7) is 3.90. The first-order chi connectivity index (χ1) is 15.3. The molecule has 2 atom stereocenters. The lowest BCUT2D eigenvalue weighted by atomic mass is 9.48. The van der Waals surface area contributed by atoms with Crippen molar-refractivity contribution in [3.05, 3.63) is 35.9 Å². The van der Waals surface area contributed by atoms with Gasteiger partial charge in [-0.15, -0.1) is 0 Å². The van der Waals surface area contributed by atoms with Crippen LogP contribution in [-0.4, -0.2) is 35.3 Å². The van der Waals surface area contributed by atoms with Gasteiger partial charge in [0, 0.05) is 6.04 Å². The van der Waals surface area contributed by atoms with Crippen LogP contribution in [0, 0.1) is 23.2 Å². The molecule has 0 radical (unpaired) electrons. The minimum Gasteiger partial charge on any atom is -0.352 e. The summed E-state index contributed by atoms with van der Waals surface area (Å²) in [7, 11) is 0. The molecule has 172 valence electrons. The number of hydrogen-bond donors (Lipinski definition) is 2. The molecular weight excluding hydrogens is 402 g/mol. The van der Waals surface area contributed by atoms with Crippen molar-refractivity contribution in [3.8, 4) is 0 Å². The van der Waals surface area contributed by atoms with Crippen molar-refractivity contribution in [1.29, 1.82) is 0 Å². The van der Waals surface area contributed by atoms with Crippen molar-refractivity contribution in [1.82, 2.24) is 15.5 Å². The molecule has 1 aliphatic heterocycles. The molecule has 0 unspecified atom stereocenters. The molecule has 1 heterocycles. The molecule has 0 aromatic heterocycles. The molecule has 4 saturated carbocycles. The molecule has 0 spiro atoms. The van der Waals surface area contributed by atoms with E-state index in [1.807, 2.05) is 37.3 Å². The number of nitrogens with one attached hydrogen (secondary N) is 2. The maximum absolute atomic E-state index is 13.4. The van der Waals surface area contributed by atoms with Crippen molar-refractivity contribution in [3.63, 3.8) is 0 Å². The summed E-state index contributed by atoms with van der Waals surface area (Å²) >= 11 is 0. The van der Waals surface area contributed by atoms with E-state index < -0.39 is 11.6 Å². The average Bonchev–Trinajstić information content (AvgIpc) is 2.99. The van der Waals surface area contributed by atoms with Crippen molar-refractivity contribution in [2.75, 3.05) is 6.54 Å². The van der Waals surface area contributed by atoms with E-state index in [1.165, 1.54) is 38.5 Å². The molecule has 2 N–H and O–H groups in total. The summed E-state index contributed by atoms with van der Waals surface area (Å²) in [6, 6.07) is 8.95. The third kappa shape index (κ3) is 3.43. The van der Waals surface area contributed by atoms with Gasteiger partial charge in [0.25, 0.3) is 5.91 Å². The zero-order chi connectivity index (χ0) is 22.5. The topological polar surface area (TPSA) is 78.5 Å². The fourth-order valence-electron chi connectivity index (χ4n) is 7.67. The summed E-state index contributed by atoms with van der Waals surface area (Å²) in [4.78, 5) is 40.4. The van der Waals surface area contributed by atoms with E-state index in [9.17, 15) is 14.4 Å². The van der Waals surface area contributed by atoms with E-state index in [0.29, 0.717) is 6.42 Å². The monoisotopic (exact) mass is 437 g/mol. The second-order valence-electron chi connectivity index (χ2n) is 10.9. The van der Waals surface area contributed by atoms with Crippen LogP contribution in [0.15, 0.2) is 30.3 Å². The number of benzene rings is 1. The number of nitrogens with zero attached hydrogens (tertiary/aromatic N) is 1. The fraction of sp³-hybridized carbons (Fsp3) is 0.654. The summed E-state index contributed by atoms with van der Waals surface area (Å²) < 4.78 is 0. The normalized spacial score (nSPS) is 36.3. The number of carbonyl (C=O) groups excluding carboxylic acids is 3. The van der Waals surface area contributed by atoms with E-state index >= 15 is 0 Å². The van der Waals surface area contributed by atoms with Gasteiger partial charge in [-0.2, -0.15) is 0 Å². The van der Waals surface area contributed by atoms with Gasteiger partial charge in [0.05, 0.1) is 0 Å². The predicted octanol–water partition coefficient (Wildman–Crippen LogP) is 3.95. The minimum atomic E-state index is -1.08. The van der Waals surface area contributed by atoms with Crippen LogP contribution in [0.1, 0.15) is 70.8 Å². The molecule has 6 nitrogen and oxygen atoms in total. The first-order valence-corrected chi connectivity index (χ1v) is 12.3. The highest BCUT2D eigenvalue weighted by atomic mass is 16.2. The van der Waals surface area contributed by atoms with Gasteiger partial charge in [0.2, 0.25) is 5.91 Å². The molecule has 1 aromatic rings. The molecule has 4 bridgehead atoms. The van der Waals surface area contributed by atoms with Crippen LogP contribution in [0.5, 0.6) is 0 Å². The van der Waals surface area contributed by atoms with Gasteiger partial charge in [-0.1, -0.05) is 43.7 Å². The number of imide groups is 1. The van der Waals surface area contributed by atoms with Crippen LogP contribution in [0.3, 0.4) is 0 Å². The molecule has 5 fully saturated rings. The average molecular weight is 438 g/mol. The van der Waals surface area contributed by atoms with Crippen molar-refractivity contribution < 1.29 is 14.4 Å². The van der Waals surface area contributed by atoms with E-state index in [0.717, 1.165) is 34.6 Å². The van der Waals surface area contributed by atoms with E-state index in [1.54, 1.807) is 0 Å². The van der Waals surface area contributed by atoms with Gasteiger partial charge in [0.1, 0.15) is 12.1 Å².